The average molecular weight is 290 g/mol. The molecular weight excluding hydrogens is 272 g/mol. The minimum absolute atomic E-state index is 0.000962. The number of rotatable bonds is 7. The SMILES string of the molecule is CCC(=O)c1ccc(SCC(=O)N(C)CCC#N)cc1. The molecule has 1 rings (SSSR count). The number of carbonyl (C=O) groups excluding carboxylic acids is 2. The molecule has 0 aliphatic rings. The predicted octanol–water partition coefficient (Wildman–Crippen LogP) is 2.74. The Morgan fingerprint density at radius 1 is 1.30 bits per heavy atom. The van der Waals surface area contributed by atoms with E-state index in [1.807, 2.05) is 25.1 Å². The highest BCUT2D eigenvalue weighted by atomic mass is 32.2. The van der Waals surface area contributed by atoms with Crippen molar-refractivity contribution in [3.8, 4) is 6.07 Å². The Kier molecular flexibility index (Phi) is 6.82. The van der Waals surface area contributed by atoms with E-state index in [1.165, 1.54) is 11.8 Å². The van der Waals surface area contributed by atoms with Crippen molar-refractivity contribution >= 4 is 23.5 Å². The first-order valence-corrected chi connectivity index (χ1v) is 7.44. The van der Waals surface area contributed by atoms with Crippen LogP contribution in [0, 0.1) is 11.3 Å². The number of thioether (sulfide) groups is 1. The predicted molar refractivity (Wildman–Crippen MR) is 79.7 cm³/mol. The molecule has 0 heterocycles. The van der Waals surface area contributed by atoms with Gasteiger partial charge in [-0.1, -0.05) is 19.1 Å². The van der Waals surface area contributed by atoms with Gasteiger partial charge in [0, 0.05) is 30.5 Å². The van der Waals surface area contributed by atoms with Crippen LogP contribution in [0.15, 0.2) is 29.2 Å². The molecule has 1 amide bonds. The quantitative estimate of drug-likeness (QED) is 0.572. The molecule has 0 aliphatic heterocycles. The van der Waals surface area contributed by atoms with Crippen LogP contribution in [-0.2, 0) is 4.79 Å². The number of hydrogen-bond donors (Lipinski definition) is 0. The minimum Gasteiger partial charge on any atom is -0.344 e. The maximum atomic E-state index is 11.8. The summed E-state index contributed by atoms with van der Waals surface area (Å²) in [6.07, 6.45) is 0.843. The Balaban J connectivity index is 2.48. The number of nitriles is 1. The van der Waals surface area contributed by atoms with Gasteiger partial charge in [-0.3, -0.25) is 9.59 Å². The molecule has 0 bridgehead atoms. The standard InChI is InChI=1S/C15H18N2O2S/c1-3-14(18)12-5-7-13(8-6-12)20-11-15(19)17(2)10-4-9-16/h5-8H,3-4,10-11H2,1-2H3. The molecule has 0 spiro atoms. The van der Waals surface area contributed by atoms with Crippen LogP contribution in [0.3, 0.4) is 0 Å². The van der Waals surface area contributed by atoms with E-state index in [1.54, 1.807) is 24.1 Å². The number of hydrogen-bond acceptors (Lipinski definition) is 4. The first-order chi connectivity index (χ1) is 9.58. The maximum absolute atomic E-state index is 11.8. The Labute approximate surface area is 123 Å². The van der Waals surface area contributed by atoms with E-state index < -0.39 is 0 Å². The Morgan fingerprint density at radius 2 is 1.95 bits per heavy atom. The first kappa shape index (κ1) is 16.3. The summed E-state index contributed by atoms with van der Waals surface area (Å²) in [5, 5.41) is 8.48. The normalized spacial score (nSPS) is 9.85. The molecule has 5 heteroatoms. The van der Waals surface area contributed by atoms with Crippen molar-refractivity contribution in [2.24, 2.45) is 0 Å². The van der Waals surface area contributed by atoms with Crippen LogP contribution in [0.2, 0.25) is 0 Å². The fourth-order valence-electron chi connectivity index (χ4n) is 1.54. The Bertz CT molecular complexity index is 506. The van der Waals surface area contributed by atoms with Crippen molar-refractivity contribution in [2.45, 2.75) is 24.7 Å². The van der Waals surface area contributed by atoms with E-state index in [9.17, 15) is 9.59 Å². The summed E-state index contributed by atoms with van der Waals surface area (Å²) in [5.41, 5.74) is 0.703. The van der Waals surface area contributed by atoms with E-state index in [0.717, 1.165) is 4.90 Å². The summed E-state index contributed by atoms with van der Waals surface area (Å²) in [4.78, 5) is 25.8. The van der Waals surface area contributed by atoms with Crippen molar-refractivity contribution < 1.29 is 9.59 Å². The molecule has 0 radical (unpaired) electrons. The lowest BCUT2D eigenvalue weighted by Crippen LogP contribution is -2.29. The summed E-state index contributed by atoms with van der Waals surface area (Å²) >= 11 is 1.43. The smallest absolute Gasteiger partial charge is 0.232 e. The number of benzene rings is 1. The summed E-state index contributed by atoms with van der Waals surface area (Å²) in [7, 11) is 1.70. The summed E-state index contributed by atoms with van der Waals surface area (Å²) in [6, 6.07) is 9.31. The van der Waals surface area contributed by atoms with E-state index in [0.29, 0.717) is 30.7 Å². The van der Waals surface area contributed by atoms with E-state index >= 15 is 0 Å². The largest absolute Gasteiger partial charge is 0.344 e. The number of carbonyl (C=O) groups is 2. The molecule has 4 nitrogen and oxygen atoms in total. The first-order valence-electron chi connectivity index (χ1n) is 6.45. The van der Waals surface area contributed by atoms with Crippen molar-refractivity contribution in [3.63, 3.8) is 0 Å². The average Bonchev–Trinajstić information content (AvgIpc) is 2.49. The fraction of sp³-hybridized carbons (Fsp3) is 0.400. The van der Waals surface area contributed by atoms with Gasteiger partial charge < -0.3 is 4.90 Å². The highest BCUT2D eigenvalue weighted by molar-refractivity contribution is 8.00. The number of nitrogens with zero attached hydrogens (tertiary/aromatic N) is 2. The van der Waals surface area contributed by atoms with Crippen molar-refractivity contribution in [2.75, 3.05) is 19.3 Å². The molecular formula is C15H18N2O2S. The Hall–Kier alpha value is -1.80. The van der Waals surface area contributed by atoms with Crippen LogP contribution in [0.5, 0.6) is 0 Å². The van der Waals surface area contributed by atoms with Crippen LogP contribution < -0.4 is 0 Å². The van der Waals surface area contributed by atoms with Crippen molar-refractivity contribution in [3.05, 3.63) is 29.8 Å². The lowest BCUT2D eigenvalue weighted by molar-refractivity contribution is -0.127. The molecule has 0 atom stereocenters. The minimum atomic E-state index is -0.000962. The van der Waals surface area contributed by atoms with Gasteiger partial charge in [0.2, 0.25) is 5.91 Å². The van der Waals surface area contributed by atoms with Gasteiger partial charge in [-0.25, -0.2) is 0 Å². The van der Waals surface area contributed by atoms with Crippen LogP contribution in [0.1, 0.15) is 30.1 Å². The molecule has 0 saturated carbocycles. The summed E-state index contributed by atoms with van der Waals surface area (Å²) in [5.74, 6) is 0.455. The number of Topliss-reactive ketones (excluding diaryl/α,β-unsaturated/α-hetero) is 1. The van der Waals surface area contributed by atoms with Gasteiger partial charge in [0.1, 0.15) is 0 Å². The zero-order valence-corrected chi connectivity index (χ0v) is 12.6. The highest BCUT2D eigenvalue weighted by Crippen LogP contribution is 2.19. The number of amides is 1. The zero-order chi connectivity index (χ0) is 15.0. The Morgan fingerprint density at radius 3 is 2.50 bits per heavy atom. The summed E-state index contributed by atoms with van der Waals surface area (Å²) in [6.45, 7) is 2.29. The van der Waals surface area contributed by atoms with E-state index in [-0.39, 0.29) is 11.7 Å². The molecule has 1 aromatic rings. The van der Waals surface area contributed by atoms with Crippen molar-refractivity contribution in [1.29, 1.82) is 5.26 Å². The molecule has 0 aliphatic carbocycles. The van der Waals surface area contributed by atoms with Crippen LogP contribution in [-0.4, -0.2) is 35.9 Å². The second-order valence-electron chi connectivity index (χ2n) is 4.31. The van der Waals surface area contributed by atoms with Gasteiger partial charge >= 0.3 is 0 Å². The van der Waals surface area contributed by atoms with Gasteiger partial charge in [0.25, 0.3) is 0 Å². The maximum Gasteiger partial charge on any atom is 0.232 e. The highest BCUT2D eigenvalue weighted by Gasteiger charge is 2.09. The van der Waals surface area contributed by atoms with Gasteiger partial charge in [-0.2, -0.15) is 5.26 Å². The third-order valence-corrected chi connectivity index (χ3v) is 3.84. The van der Waals surface area contributed by atoms with Gasteiger partial charge in [0.15, 0.2) is 5.78 Å². The van der Waals surface area contributed by atoms with Gasteiger partial charge in [-0.15, -0.1) is 11.8 Å². The molecule has 0 aromatic heterocycles. The van der Waals surface area contributed by atoms with Gasteiger partial charge in [0.05, 0.1) is 18.2 Å². The van der Waals surface area contributed by atoms with E-state index in [2.05, 4.69) is 0 Å². The molecule has 20 heavy (non-hydrogen) atoms. The molecule has 0 N–H and O–H groups in total. The van der Waals surface area contributed by atoms with Crippen LogP contribution >= 0.6 is 11.8 Å². The second kappa shape index (κ2) is 8.39. The monoisotopic (exact) mass is 290 g/mol. The van der Waals surface area contributed by atoms with Crippen LogP contribution in [0.4, 0.5) is 0 Å². The number of ketones is 1. The molecule has 0 fully saturated rings. The van der Waals surface area contributed by atoms with Gasteiger partial charge in [-0.05, 0) is 12.1 Å². The fourth-order valence-corrected chi connectivity index (χ4v) is 2.38. The second-order valence-corrected chi connectivity index (χ2v) is 5.36. The molecule has 1 aromatic carbocycles. The lowest BCUT2D eigenvalue weighted by atomic mass is 10.1. The lowest BCUT2D eigenvalue weighted by Gasteiger charge is -2.14. The molecule has 0 unspecified atom stereocenters. The summed E-state index contributed by atoms with van der Waals surface area (Å²) < 4.78 is 0. The molecule has 0 saturated heterocycles. The third-order valence-electron chi connectivity index (χ3n) is 2.84. The third kappa shape index (κ3) is 5.06. The van der Waals surface area contributed by atoms with E-state index in [4.69, 9.17) is 5.26 Å². The molecule has 106 valence electrons. The topological polar surface area (TPSA) is 61.2 Å². The van der Waals surface area contributed by atoms with Crippen molar-refractivity contribution in [1.82, 2.24) is 4.90 Å². The van der Waals surface area contributed by atoms with Crippen LogP contribution in [0.25, 0.3) is 0 Å². The zero-order valence-electron chi connectivity index (χ0n) is 11.8.